The number of rotatable bonds is 4. The molecule has 3 unspecified atom stereocenters. The van der Waals surface area contributed by atoms with Gasteiger partial charge in [0.1, 0.15) is 6.17 Å². The van der Waals surface area contributed by atoms with Gasteiger partial charge in [0.05, 0.1) is 6.04 Å². The molecule has 0 aliphatic carbocycles. The number of amides is 1. The van der Waals surface area contributed by atoms with Gasteiger partial charge in [0.15, 0.2) is 0 Å². The predicted molar refractivity (Wildman–Crippen MR) is 78.0 cm³/mol. The van der Waals surface area contributed by atoms with Crippen molar-refractivity contribution in [1.29, 1.82) is 0 Å². The number of nitrogens with zero attached hydrogens (tertiary/aromatic N) is 1. The Hall–Kier alpha value is -1.06. The maximum atomic E-state index is 12.4. The van der Waals surface area contributed by atoms with Gasteiger partial charge >= 0.3 is 0 Å². The van der Waals surface area contributed by atoms with Gasteiger partial charge in [-0.25, -0.2) is 0 Å². The first kappa shape index (κ1) is 14.4. The van der Waals surface area contributed by atoms with Gasteiger partial charge in [0.25, 0.3) is 0 Å². The second kappa shape index (κ2) is 5.93. The molecule has 2 rings (SSSR count). The molecule has 104 valence electrons. The Morgan fingerprint density at radius 3 is 2.47 bits per heavy atom. The average Bonchev–Trinajstić information content (AvgIpc) is 2.75. The van der Waals surface area contributed by atoms with Gasteiger partial charge in [-0.2, -0.15) is 0 Å². The molecule has 3 atom stereocenters. The van der Waals surface area contributed by atoms with Crippen LogP contribution in [0.1, 0.15) is 45.3 Å². The van der Waals surface area contributed by atoms with E-state index in [-0.39, 0.29) is 24.2 Å². The van der Waals surface area contributed by atoms with Crippen LogP contribution in [0, 0.1) is 0 Å². The van der Waals surface area contributed by atoms with Crippen molar-refractivity contribution in [2.75, 3.05) is 0 Å². The Labute approximate surface area is 119 Å². The topological polar surface area (TPSA) is 32.3 Å². The summed E-state index contributed by atoms with van der Waals surface area (Å²) in [4.78, 5) is 14.4. The summed E-state index contributed by atoms with van der Waals surface area (Å²) >= 11 is 5.93. The normalized spacial score (nSPS) is 24.8. The summed E-state index contributed by atoms with van der Waals surface area (Å²) in [6.07, 6.45) is 1.73. The summed E-state index contributed by atoms with van der Waals surface area (Å²) in [5, 5.41) is 4.14. The molecule has 0 aromatic heterocycles. The average molecular weight is 281 g/mol. The van der Waals surface area contributed by atoms with Crippen molar-refractivity contribution in [1.82, 2.24) is 10.2 Å². The second-order valence-electron chi connectivity index (χ2n) is 5.08. The molecule has 1 N–H and O–H groups in total. The lowest BCUT2D eigenvalue weighted by Gasteiger charge is -2.30. The summed E-state index contributed by atoms with van der Waals surface area (Å²) < 4.78 is 0. The van der Waals surface area contributed by atoms with Gasteiger partial charge < -0.3 is 4.90 Å². The van der Waals surface area contributed by atoms with Gasteiger partial charge in [-0.1, -0.05) is 37.6 Å². The highest BCUT2D eigenvalue weighted by atomic mass is 35.5. The molecule has 1 heterocycles. The maximum absolute atomic E-state index is 12.4. The van der Waals surface area contributed by atoms with Gasteiger partial charge in [0, 0.05) is 11.1 Å². The fourth-order valence-electron chi connectivity index (χ4n) is 2.51. The number of carbonyl (C=O) groups excluding carboxylic acids is 1. The molecule has 0 saturated carbocycles. The van der Waals surface area contributed by atoms with Crippen LogP contribution >= 0.6 is 11.6 Å². The standard InChI is InChI=1S/C15H21ClN2O/c1-4-10(3)18-14(17-13(5-2)15(18)19)11-6-8-12(16)9-7-11/h6-10,13-14,17H,4-5H2,1-3H3. The lowest BCUT2D eigenvalue weighted by molar-refractivity contribution is -0.132. The van der Waals surface area contributed by atoms with Gasteiger partial charge in [-0.05, 0) is 37.5 Å². The van der Waals surface area contributed by atoms with Gasteiger partial charge in [0.2, 0.25) is 5.91 Å². The Balaban J connectivity index is 2.31. The van der Waals surface area contributed by atoms with Crippen molar-refractivity contribution < 1.29 is 4.79 Å². The monoisotopic (exact) mass is 280 g/mol. The van der Waals surface area contributed by atoms with Crippen LogP contribution in [0.4, 0.5) is 0 Å². The molecule has 3 nitrogen and oxygen atoms in total. The highest BCUT2D eigenvalue weighted by molar-refractivity contribution is 6.30. The van der Waals surface area contributed by atoms with Crippen LogP contribution in [0.3, 0.4) is 0 Å². The molecule has 1 aromatic rings. The Kier molecular flexibility index (Phi) is 4.48. The van der Waals surface area contributed by atoms with E-state index >= 15 is 0 Å². The highest BCUT2D eigenvalue weighted by Crippen LogP contribution is 2.30. The summed E-state index contributed by atoms with van der Waals surface area (Å²) in [6, 6.07) is 7.88. The second-order valence-corrected chi connectivity index (χ2v) is 5.52. The molecule has 1 aliphatic rings. The lowest BCUT2D eigenvalue weighted by atomic mass is 10.1. The third-order valence-corrected chi connectivity index (χ3v) is 4.10. The molecule has 19 heavy (non-hydrogen) atoms. The fraction of sp³-hybridized carbons (Fsp3) is 0.533. The summed E-state index contributed by atoms with van der Waals surface area (Å²) in [7, 11) is 0. The van der Waals surface area contributed by atoms with Crippen molar-refractivity contribution in [2.24, 2.45) is 0 Å². The highest BCUT2D eigenvalue weighted by Gasteiger charge is 2.40. The zero-order valence-electron chi connectivity index (χ0n) is 11.7. The van der Waals surface area contributed by atoms with E-state index < -0.39 is 0 Å². The third kappa shape index (κ3) is 2.77. The number of halogens is 1. The molecule has 0 radical (unpaired) electrons. The van der Waals surface area contributed by atoms with Crippen LogP contribution in [0.2, 0.25) is 5.02 Å². The van der Waals surface area contributed by atoms with Crippen molar-refractivity contribution in [2.45, 2.75) is 51.9 Å². The first-order valence-corrected chi connectivity index (χ1v) is 7.30. The van der Waals surface area contributed by atoms with Crippen LogP contribution in [0.25, 0.3) is 0 Å². The van der Waals surface area contributed by atoms with Crippen LogP contribution in [0.5, 0.6) is 0 Å². The predicted octanol–water partition coefficient (Wildman–Crippen LogP) is 3.35. The molecule has 0 spiro atoms. The lowest BCUT2D eigenvalue weighted by Crippen LogP contribution is -2.38. The Morgan fingerprint density at radius 1 is 1.32 bits per heavy atom. The molecule has 1 aliphatic heterocycles. The minimum atomic E-state index is -0.0744. The molecule has 1 fully saturated rings. The van der Waals surface area contributed by atoms with Crippen LogP contribution in [0.15, 0.2) is 24.3 Å². The van der Waals surface area contributed by atoms with E-state index in [1.807, 2.05) is 36.1 Å². The van der Waals surface area contributed by atoms with E-state index in [1.54, 1.807) is 0 Å². The first-order valence-electron chi connectivity index (χ1n) is 6.92. The molecule has 1 aromatic carbocycles. The van der Waals surface area contributed by atoms with Gasteiger partial charge in [-0.3, -0.25) is 10.1 Å². The summed E-state index contributed by atoms with van der Waals surface area (Å²) in [6.45, 7) is 6.24. The van der Waals surface area contributed by atoms with Crippen molar-refractivity contribution in [3.8, 4) is 0 Å². The molecule has 1 amide bonds. The van der Waals surface area contributed by atoms with Crippen LogP contribution in [-0.2, 0) is 4.79 Å². The van der Waals surface area contributed by atoms with E-state index in [9.17, 15) is 4.79 Å². The largest absolute Gasteiger partial charge is 0.319 e. The Morgan fingerprint density at radius 2 is 1.95 bits per heavy atom. The molecule has 1 saturated heterocycles. The molecule has 0 bridgehead atoms. The van der Waals surface area contributed by atoms with Crippen molar-refractivity contribution in [3.63, 3.8) is 0 Å². The number of benzene rings is 1. The molecular formula is C15H21ClN2O. The van der Waals surface area contributed by atoms with E-state index in [1.165, 1.54) is 0 Å². The Bertz CT molecular complexity index is 446. The van der Waals surface area contributed by atoms with Crippen LogP contribution in [-0.4, -0.2) is 22.9 Å². The summed E-state index contributed by atoms with van der Waals surface area (Å²) in [5.74, 6) is 0.205. The number of nitrogens with one attached hydrogen (secondary N) is 1. The minimum absolute atomic E-state index is 0.0373. The SMILES string of the molecule is CCC1NC(c2ccc(Cl)cc2)N(C(C)CC)C1=O. The minimum Gasteiger partial charge on any atom is -0.319 e. The molecule has 4 heteroatoms. The van der Waals surface area contributed by atoms with Crippen molar-refractivity contribution in [3.05, 3.63) is 34.9 Å². The number of hydrogen-bond acceptors (Lipinski definition) is 2. The zero-order valence-corrected chi connectivity index (χ0v) is 12.4. The maximum Gasteiger partial charge on any atom is 0.241 e. The smallest absolute Gasteiger partial charge is 0.241 e. The summed E-state index contributed by atoms with van der Waals surface area (Å²) in [5.41, 5.74) is 1.09. The number of carbonyl (C=O) groups is 1. The fourth-order valence-corrected chi connectivity index (χ4v) is 2.64. The van der Waals surface area contributed by atoms with Gasteiger partial charge in [-0.15, -0.1) is 0 Å². The first-order chi connectivity index (χ1) is 9.08. The van der Waals surface area contributed by atoms with E-state index in [2.05, 4.69) is 19.2 Å². The number of hydrogen-bond donors (Lipinski definition) is 1. The van der Waals surface area contributed by atoms with E-state index in [0.717, 1.165) is 23.4 Å². The third-order valence-electron chi connectivity index (χ3n) is 3.85. The van der Waals surface area contributed by atoms with Crippen molar-refractivity contribution >= 4 is 17.5 Å². The zero-order chi connectivity index (χ0) is 14.0. The quantitative estimate of drug-likeness (QED) is 0.917. The van der Waals surface area contributed by atoms with E-state index in [0.29, 0.717) is 0 Å². The molecular weight excluding hydrogens is 260 g/mol. The van der Waals surface area contributed by atoms with Crippen LogP contribution < -0.4 is 5.32 Å². The van der Waals surface area contributed by atoms with E-state index in [4.69, 9.17) is 11.6 Å².